The molecule has 2 rings (SSSR count). The number of hydrogen-bond donors (Lipinski definition) is 1. The molecule has 1 amide bonds. The molecule has 0 aromatic heterocycles. The molecule has 1 fully saturated rings. The Balaban J connectivity index is 2.26. The molecule has 25 heavy (non-hydrogen) atoms. The standard InChI is InChI=1S/C20H27NO4/c1-19(2)12-16(21(3)18(22)25-5)13-20(23,14-19)10-9-15-7-6-8-17(11-15)24-4/h6-8,11,16,23H,12-14H2,1-5H3. The molecule has 5 nitrogen and oxygen atoms in total. The zero-order chi connectivity index (χ0) is 18.7. The molecule has 2 unspecified atom stereocenters. The van der Waals surface area contributed by atoms with Gasteiger partial charge < -0.3 is 19.5 Å². The van der Waals surface area contributed by atoms with Crippen molar-refractivity contribution in [2.45, 2.75) is 44.8 Å². The summed E-state index contributed by atoms with van der Waals surface area (Å²) >= 11 is 0. The number of carbonyl (C=O) groups is 1. The van der Waals surface area contributed by atoms with Gasteiger partial charge in [-0.2, -0.15) is 0 Å². The molecule has 1 saturated carbocycles. The van der Waals surface area contributed by atoms with Crippen LogP contribution in [0.1, 0.15) is 38.7 Å². The summed E-state index contributed by atoms with van der Waals surface area (Å²) in [5.41, 5.74) is -0.505. The third kappa shape index (κ3) is 4.90. The van der Waals surface area contributed by atoms with Crippen molar-refractivity contribution in [2.75, 3.05) is 21.3 Å². The van der Waals surface area contributed by atoms with Crippen LogP contribution in [0.4, 0.5) is 4.79 Å². The van der Waals surface area contributed by atoms with Gasteiger partial charge in [-0.15, -0.1) is 0 Å². The lowest BCUT2D eigenvalue weighted by molar-refractivity contribution is -0.0283. The Hall–Kier alpha value is -2.19. The topological polar surface area (TPSA) is 59.0 Å². The first-order valence-corrected chi connectivity index (χ1v) is 8.38. The lowest BCUT2D eigenvalue weighted by Gasteiger charge is -2.45. The number of hydrogen-bond acceptors (Lipinski definition) is 4. The van der Waals surface area contributed by atoms with Crippen LogP contribution >= 0.6 is 0 Å². The van der Waals surface area contributed by atoms with Gasteiger partial charge in [0.05, 0.1) is 14.2 Å². The number of benzene rings is 1. The van der Waals surface area contributed by atoms with Gasteiger partial charge in [-0.3, -0.25) is 0 Å². The van der Waals surface area contributed by atoms with Crippen molar-refractivity contribution in [2.24, 2.45) is 5.41 Å². The molecule has 0 saturated heterocycles. The summed E-state index contributed by atoms with van der Waals surface area (Å²) in [7, 11) is 4.67. The summed E-state index contributed by atoms with van der Waals surface area (Å²) in [6.07, 6.45) is 1.36. The van der Waals surface area contributed by atoms with Gasteiger partial charge in [0.1, 0.15) is 11.4 Å². The molecule has 136 valence electrons. The minimum absolute atomic E-state index is 0.124. The average molecular weight is 345 g/mol. The summed E-state index contributed by atoms with van der Waals surface area (Å²) in [5.74, 6) is 6.82. The molecule has 1 aliphatic rings. The van der Waals surface area contributed by atoms with Crippen molar-refractivity contribution in [3.8, 4) is 17.6 Å². The number of nitrogens with zero attached hydrogens (tertiary/aromatic N) is 1. The molecule has 0 spiro atoms. The number of carbonyl (C=O) groups excluding carboxylic acids is 1. The Bertz CT molecular complexity index is 688. The van der Waals surface area contributed by atoms with E-state index in [1.165, 1.54) is 7.11 Å². The van der Waals surface area contributed by atoms with E-state index in [0.717, 1.165) is 17.7 Å². The van der Waals surface area contributed by atoms with Crippen LogP contribution in [0.2, 0.25) is 0 Å². The Kier molecular flexibility index (Phi) is 5.64. The summed E-state index contributed by atoms with van der Waals surface area (Å²) in [4.78, 5) is 13.4. The fourth-order valence-electron chi connectivity index (χ4n) is 3.59. The van der Waals surface area contributed by atoms with Crippen LogP contribution in [0.3, 0.4) is 0 Å². The number of methoxy groups -OCH3 is 2. The van der Waals surface area contributed by atoms with Crippen LogP contribution in [-0.2, 0) is 4.74 Å². The highest BCUT2D eigenvalue weighted by Gasteiger charge is 2.44. The van der Waals surface area contributed by atoms with E-state index < -0.39 is 11.7 Å². The van der Waals surface area contributed by atoms with Gasteiger partial charge in [0.15, 0.2) is 0 Å². The zero-order valence-corrected chi connectivity index (χ0v) is 15.6. The summed E-state index contributed by atoms with van der Waals surface area (Å²) in [6.45, 7) is 4.17. The minimum atomic E-state index is -1.15. The predicted molar refractivity (Wildman–Crippen MR) is 96.4 cm³/mol. The van der Waals surface area contributed by atoms with Crippen molar-refractivity contribution in [3.63, 3.8) is 0 Å². The summed E-state index contributed by atoms with van der Waals surface area (Å²) in [6, 6.07) is 7.31. The van der Waals surface area contributed by atoms with E-state index in [0.29, 0.717) is 12.8 Å². The maximum atomic E-state index is 11.9. The van der Waals surface area contributed by atoms with Crippen molar-refractivity contribution in [1.29, 1.82) is 0 Å². The van der Waals surface area contributed by atoms with Crippen LogP contribution < -0.4 is 4.74 Å². The van der Waals surface area contributed by atoms with Crippen LogP contribution in [-0.4, -0.2) is 49.0 Å². The number of ether oxygens (including phenoxy) is 2. The van der Waals surface area contributed by atoms with Crippen LogP contribution in [0, 0.1) is 17.3 Å². The smallest absolute Gasteiger partial charge is 0.409 e. The fourth-order valence-corrected chi connectivity index (χ4v) is 3.59. The molecule has 0 aliphatic heterocycles. The normalized spacial score (nSPS) is 24.6. The molecule has 0 radical (unpaired) electrons. The van der Waals surface area contributed by atoms with Crippen LogP contribution in [0.15, 0.2) is 24.3 Å². The van der Waals surface area contributed by atoms with Crippen molar-refractivity contribution < 1.29 is 19.4 Å². The first kappa shape index (κ1) is 19.1. The molecule has 1 aliphatic carbocycles. The minimum Gasteiger partial charge on any atom is -0.497 e. The van der Waals surface area contributed by atoms with Crippen LogP contribution in [0.25, 0.3) is 0 Å². The highest BCUT2D eigenvalue weighted by molar-refractivity contribution is 5.67. The molecular weight excluding hydrogens is 318 g/mol. The second-order valence-electron chi connectivity index (χ2n) is 7.50. The zero-order valence-electron chi connectivity index (χ0n) is 15.6. The van der Waals surface area contributed by atoms with E-state index in [4.69, 9.17) is 9.47 Å². The van der Waals surface area contributed by atoms with E-state index in [1.807, 2.05) is 24.3 Å². The molecule has 2 atom stereocenters. The fraction of sp³-hybridized carbons (Fsp3) is 0.550. The van der Waals surface area contributed by atoms with E-state index >= 15 is 0 Å². The van der Waals surface area contributed by atoms with Crippen LogP contribution in [0.5, 0.6) is 5.75 Å². The number of rotatable bonds is 2. The van der Waals surface area contributed by atoms with Gasteiger partial charge in [-0.05, 0) is 36.5 Å². The van der Waals surface area contributed by atoms with E-state index in [2.05, 4.69) is 25.7 Å². The van der Waals surface area contributed by atoms with Gasteiger partial charge in [-0.25, -0.2) is 4.79 Å². The third-order valence-corrected chi connectivity index (χ3v) is 4.65. The van der Waals surface area contributed by atoms with Gasteiger partial charge in [0.2, 0.25) is 0 Å². The van der Waals surface area contributed by atoms with Crippen molar-refractivity contribution >= 4 is 6.09 Å². The largest absolute Gasteiger partial charge is 0.497 e. The Morgan fingerprint density at radius 3 is 2.68 bits per heavy atom. The molecule has 5 heteroatoms. The van der Waals surface area contributed by atoms with Gasteiger partial charge >= 0.3 is 6.09 Å². The Morgan fingerprint density at radius 2 is 2.04 bits per heavy atom. The quantitative estimate of drug-likeness (QED) is 0.837. The predicted octanol–water partition coefficient (Wildman–Crippen LogP) is 3.05. The Morgan fingerprint density at radius 1 is 1.32 bits per heavy atom. The lowest BCUT2D eigenvalue weighted by atomic mass is 9.67. The summed E-state index contributed by atoms with van der Waals surface area (Å²) in [5, 5.41) is 11.1. The molecule has 1 aromatic rings. The molecule has 1 aromatic carbocycles. The SMILES string of the molecule is COC(=O)N(C)C1CC(C)(C)CC(O)(C#Cc2cccc(OC)c2)C1. The highest BCUT2D eigenvalue weighted by atomic mass is 16.5. The lowest BCUT2D eigenvalue weighted by Crippen LogP contribution is -2.51. The first-order valence-electron chi connectivity index (χ1n) is 8.38. The maximum Gasteiger partial charge on any atom is 0.409 e. The molecule has 0 bridgehead atoms. The van der Waals surface area contributed by atoms with Crippen molar-refractivity contribution in [1.82, 2.24) is 4.90 Å². The van der Waals surface area contributed by atoms with E-state index in [1.54, 1.807) is 19.1 Å². The van der Waals surface area contributed by atoms with Crippen molar-refractivity contribution in [3.05, 3.63) is 29.8 Å². The molecule has 1 N–H and O–H groups in total. The third-order valence-electron chi connectivity index (χ3n) is 4.65. The maximum absolute atomic E-state index is 11.9. The first-order chi connectivity index (χ1) is 11.7. The second-order valence-corrected chi connectivity index (χ2v) is 7.50. The number of aliphatic hydroxyl groups is 1. The van der Waals surface area contributed by atoms with Gasteiger partial charge in [0.25, 0.3) is 0 Å². The number of amides is 1. The van der Waals surface area contributed by atoms with E-state index in [9.17, 15) is 9.90 Å². The van der Waals surface area contributed by atoms with Gasteiger partial charge in [-0.1, -0.05) is 31.8 Å². The average Bonchev–Trinajstić information content (AvgIpc) is 2.57. The molecular formula is C20H27NO4. The molecule has 0 heterocycles. The Labute approximate surface area is 149 Å². The summed E-state index contributed by atoms with van der Waals surface area (Å²) < 4.78 is 10.0. The second kappa shape index (κ2) is 7.37. The highest BCUT2D eigenvalue weighted by Crippen LogP contribution is 2.42. The monoisotopic (exact) mass is 345 g/mol. The van der Waals surface area contributed by atoms with Gasteiger partial charge in [0, 0.05) is 25.1 Å². The van der Waals surface area contributed by atoms with E-state index in [-0.39, 0.29) is 11.5 Å².